The second-order valence-corrected chi connectivity index (χ2v) is 5.04. The average molecular weight is 316 g/mol. The molecule has 6 nitrogen and oxygen atoms in total. The highest BCUT2D eigenvalue weighted by atomic mass is 35.5. The molecular formula is C15H14ClN5O. The van der Waals surface area contributed by atoms with Crippen LogP contribution in [0, 0.1) is 0 Å². The van der Waals surface area contributed by atoms with E-state index in [-0.39, 0.29) is 11.9 Å². The Morgan fingerprint density at radius 3 is 2.32 bits per heavy atom. The minimum absolute atomic E-state index is 0.225. The molecule has 0 saturated heterocycles. The first-order chi connectivity index (χ1) is 10.6. The molecule has 0 atom stereocenters. The van der Waals surface area contributed by atoms with Crippen LogP contribution in [-0.4, -0.2) is 14.8 Å². The Labute approximate surface area is 132 Å². The van der Waals surface area contributed by atoms with Gasteiger partial charge < -0.3 is 16.2 Å². The predicted molar refractivity (Wildman–Crippen MR) is 85.9 cm³/mol. The first-order valence-corrected chi connectivity index (χ1v) is 6.97. The summed E-state index contributed by atoms with van der Waals surface area (Å²) in [6.07, 6.45) is 0. The molecule has 0 amide bonds. The van der Waals surface area contributed by atoms with E-state index in [9.17, 15) is 0 Å². The number of hydrogen-bond donors (Lipinski definition) is 2. The molecule has 22 heavy (non-hydrogen) atoms. The Bertz CT molecular complexity index is 768. The van der Waals surface area contributed by atoms with E-state index in [0.717, 1.165) is 11.3 Å². The Morgan fingerprint density at radius 2 is 1.64 bits per heavy atom. The average Bonchev–Trinajstić information content (AvgIpc) is 2.83. The summed E-state index contributed by atoms with van der Waals surface area (Å²) in [5.74, 6) is 1.80. The molecule has 0 fully saturated rings. The zero-order valence-electron chi connectivity index (χ0n) is 11.6. The van der Waals surface area contributed by atoms with Gasteiger partial charge in [-0.1, -0.05) is 35.9 Å². The van der Waals surface area contributed by atoms with Crippen molar-refractivity contribution in [3.05, 3.63) is 59.1 Å². The number of nitrogens with zero attached hydrogens (tertiary/aromatic N) is 3. The van der Waals surface area contributed by atoms with Crippen molar-refractivity contribution in [1.82, 2.24) is 14.8 Å². The van der Waals surface area contributed by atoms with E-state index in [1.54, 1.807) is 10.6 Å². The lowest BCUT2D eigenvalue weighted by Gasteiger charge is -2.14. The van der Waals surface area contributed by atoms with Crippen LogP contribution < -0.4 is 16.2 Å². The third-order valence-electron chi connectivity index (χ3n) is 3.17. The minimum atomic E-state index is 0.225. The maximum atomic E-state index is 6.30. The lowest BCUT2D eigenvalue weighted by atomic mass is 10.2. The number of benzene rings is 2. The topological polar surface area (TPSA) is 92.0 Å². The summed E-state index contributed by atoms with van der Waals surface area (Å²) in [7, 11) is 0. The van der Waals surface area contributed by atoms with Gasteiger partial charge >= 0.3 is 0 Å². The van der Waals surface area contributed by atoms with Gasteiger partial charge in [0, 0.05) is 10.6 Å². The number of ether oxygens (including phenoxy) is 1. The van der Waals surface area contributed by atoms with Crippen LogP contribution in [0.3, 0.4) is 0 Å². The van der Waals surface area contributed by atoms with Gasteiger partial charge in [0.15, 0.2) is 0 Å². The van der Waals surface area contributed by atoms with Gasteiger partial charge in [-0.2, -0.15) is 0 Å². The second kappa shape index (κ2) is 5.95. The maximum absolute atomic E-state index is 6.30. The first kappa shape index (κ1) is 14.2. The first-order valence-electron chi connectivity index (χ1n) is 6.59. The molecule has 3 aromatic rings. The predicted octanol–water partition coefficient (Wildman–Crippen LogP) is 2.94. The van der Waals surface area contributed by atoms with Crippen molar-refractivity contribution in [3.8, 4) is 11.5 Å². The van der Waals surface area contributed by atoms with Crippen molar-refractivity contribution in [2.45, 2.75) is 6.54 Å². The summed E-state index contributed by atoms with van der Waals surface area (Å²) in [6, 6.07) is 14.9. The summed E-state index contributed by atoms with van der Waals surface area (Å²) in [4.78, 5) is 0. The number of anilines is 2. The number of nitrogen functional groups attached to an aromatic ring is 2. The molecule has 2 aromatic carbocycles. The summed E-state index contributed by atoms with van der Waals surface area (Å²) in [5, 5.41) is 8.03. The smallest absolute Gasteiger partial charge is 0.223 e. The van der Waals surface area contributed by atoms with E-state index < -0.39 is 0 Å². The SMILES string of the molecule is Nc1nnc(N)n1Cc1c(Cl)cccc1Oc1ccccc1. The van der Waals surface area contributed by atoms with Crippen LogP contribution in [0.1, 0.15) is 5.56 Å². The molecule has 0 unspecified atom stereocenters. The number of rotatable bonds is 4. The lowest BCUT2D eigenvalue weighted by molar-refractivity contribution is 0.474. The minimum Gasteiger partial charge on any atom is -0.457 e. The van der Waals surface area contributed by atoms with E-state index in [1.807, 2.05) is 42.5 Å². The molecule has 0 bridgehead atoms. The van der Waals surface area contributed by atoms with Crippen LogP contribution in [0.5, 0.6) is 11.5 Å². The Balaban J connectivity index is 1.97. The van der Waals surface area contributed by atoms with E-state index in [0.29, 0.717) is 17.3 Å². The van der Waals surface area contributed by atoms with Gasteiger partial charge in [0.05, 0.1) is 6.54 Å². The fraction of sp³-hybridized carbons (Fsp3) is 0.0667. The number of nitrogens with two attached hydrogens (primary N) is 2. The van der Waals surface area contributed by atoms with Crippen LogP contribution in [0.4, 0.5) is 11.9 Å². The third kappa shape index (κ3) is 2.82. The van der Waals surface area contributed by atoms with Crippen LogP contribution in [0.25, 0.3) is 0 Å². The molecule has 0 radical (unpaired) electrons. The summed E-state index contributed by atoms with van der Waals surface area (Å²) >= 11 is 6.30. The highest BCUT2D eigenvalue weighted by Crippen LogP contribution is 2.31. The monoisotopic (exact) mass is 315 g/mol. The Hall–Kier alpha value is -2.73. The van der Waals surface area contributed by atoms with Gasteiger partial charge in [-0.3, -0.25) is 4.57 Å². The number of halogens is 1. The van der Waals surface area contributed by atoms with Gasteiger partial charge in [0.1, 0.15) is 11.5 Å². The third-order valence-corrected chi connectivity index (χ3v) is 3.53. The molecule has 0 spiro atoms. The van der Waals surface area contributed by atoms with Crippen LogP contribution in [-0.2, 0) is 6.54 Å². The molecule has 0 aliphatic heterocycles. The molecule has 4 N–H and O–H groups in total. The van der Waals surface area contributed by atoms with Gasteiger partial charge in [-0.05, 0) is 24.3 Å². The van der Waals surface area contributed by atoms with Crippen molar-refractivity contribution in [1.29, 1.82) is 0 Å². The molecule has 7 heteroatoms. The normalized spacial score (nSPS) is 10.6. The molecule has 0 aliphatic carbocycles. The summed E-state index contributed by atoms with van der Waals surface area (Å²) in [5.41, 5.74) is 12.3. The quantitative estimate of drug-likeness (QED) is 0.772. The van der Waals surface area contributed by atoms with Crippen molar-refractivity contribution < 1.29 is 4.74 Å². The number of para-hydroxylation sites is 1. The molecule has 1 aromatic heterocycles. The van der Waals surface area contributed by atoms with Gasteiger partial charge in [0.25, 0.3) is 0 Å². The molecular weight excluding hydrogens is 302 g/mol. The molecule has 1 heterocycles. The lowest BCUT2D eigenvalue weighted by Crippen LogP contribution is -2.09. The fourth-order valence-corrected chi connectivity index (χ4v) is 2.28. The molecule has 0 aliphatic rings. The molecule has 112 valence electrons. The summed E-state index contributed by atoms with van der Waals surface area (Å²) < 4.78 is 7.47. The number of aromatic nitrogens is 3. The standard InChI is InChI=1S/C15H14ClN5O/c16-12-7-4-8-13(22-10-5-2-1-3-6-10)11(12)9-21-14(17)19-20-15(21)18/h1-8H,9H2,(H2,17,19)(H2,18,20). The Morgan fingerprint density at radius 1 is 0.955 bits per heavy atom. The van der Waals surface area contributed by atoms with Crippen LogP contribution in [0.2, 0.25) is 5.02 Å². The maximum Gasteiger partial charge on any atom is 0.223 e. The van der Waals surface area contributed by atoms with Crippen molar-refractivity contribution >= 4 is 23.5 Å². The molecule has 3 rings (SSSR count). The largest absolute Gasteiger partial charge is 0.457 e. The second-order valence-electron chi connectivity index (χ2n) is 4.63. The van der Waals surface area contributed by atoms with Gasteiger partial charge in [-0.25, -0.2) is 0 Å². The van der Waals surface area contributed by atoms with Crippen molar-refractivity contribution in [2.24, 2.45) is 0 Å². The van der Waals surface area contributed by atoms with Gasteiger partial charge in [-0.15, -0.1) is 10.2 Å². The van der Waals surface area contributed by atoms with Crippen LogP contribution >= 0.6 is 11.6 Å². The molecule has 0 saturated carbocycles. The van der Waals surface area contributed by atoms with E-state index in [2.05, 4.69) is 10.2 Å². The zero-order valence-corrected chi connectivity index (χ0v) is 12.4. The highest BCUT2D eigenvalue weighted by Gasteiger charge is 2.14. The van der Waals surface area contributed by atoms with Crippen molar-refractivity contribution in [3.63, 3.8) is 0 Å². The van der Waals surface area contributed by atoms with Crippen LogP contribution in [0.15, 0.2) is 48.5 Å². The van der Waals surface area contributed by atoms with E-state index >= 15 is 0 Å². The van der Waals surface area contributed by atoms with Crippen molar-refractivity contribution in [2.75, 3.05) is 11.5 Å². The summed E-state index contributed by atoms with van der Waals surface area (Å²) in [6.45, 7) is 0.326. The Kier molecular flexibility index (Phi) is 3.84. The van der Waals surface area contributed by atoms with E-state index in [4.69, 9.17) is 27.8 Å². The van der Waals surface area contributed by atoms with E-state index in [1.165, 1.54) is 0 Å². The zero-order chi connectivity index (χ0) is 15.5. The number of hydrogen-bond acceptors (Lipinski definition) is 5. The highest BCUT2D eigenvalue weighted by molar-refractivity contribution is 6.31. The fourth-order valence-electron chi connectivity index (χ4n) is 2.05. The van der Waals surface area contributed by atoms with Gasteiger partial charge in [0.2, 0.25) is 11.9 Å².